The van der Waals surface area contributed by atoms with Crippen LogP contribution in [-0.4, -0.2) is 32.8 Å². The van der Waals surface area contributed by atoms with Crippen molar-refractivity contribution in [2.45, 2.75) is 33.1 Å². The van der Waals surface area contributed by atoms with E-state index in [1.165, 1.54) is 23.1 Å². The number of rotatable bonds is 5. The Morgan fingerprint density at radius 1 is 0.943 bits per heavy atom. The predicted octanol–water partition coefficient (Wildman–Crippen LogP) is 5.69. The third kappa shape index (κ3) is 4.17. The largest absolute Gasteiger partial charge is 0.469 e. The molecular formula is C30H29NO4. The maximum atomic E-state index is 13.3. The second-order valence-electron chi connectivity index (χ2n) is 8.84. The number of nitrogens with zero attached hydrogens (tertiary/aromatic N) is 1. The molecule has 3 aromatic carbocycles. The van der Waals surface area contributed by atoms with E-state index in [0.29, 0.717) is 11.3 Å². The highest BCUT2D eigenvalue weighted by molar-refractivity contribution is 5.91. The number of benzene rings is 3. The van der Waals surface area contributed by atoms with Crippen LogP contribution >= 0.6 is 0 Å². The van der Waals surface area contributed by atoms with Crippen molar-refractivity contribution < 1.29 is 19.1 Å². The fraction of sp³-hybridized carbons (Fsp3) is 0.267. The van der Waals surface area contributed by atoms with Crippen LogP contribution < -0.4 is 4.90 Å². The summed E-state index contributed by atoms with van der Waals surface area (Å²) >= 11 is 0. The predicted molar refractivity (Wildman–Crippen MR) is 138 cm³/mol. The molecule has 0 heterocycles. The van der Waals surface area contributed by atoms with Gasteiger partial charge < -0.3 is 9.47 Å². The van der Waals surface area contributed by atoms with Gasteiger partial charge in [0.1, 0.15) is 6.61 Å². The zero-order chi connectivity index (χ0) is 25.3. The van der Waals surface area contributed by atoms with E-state index in [9.17, 15) is 9.59 Å². The summed E-state index contributed by atoms with van der Waals surface area (Å²) in [6.45, 7) is 5.89. The molecule has 0 N–H and O–H groups in total. The number of hydrogen-bond donors (Lipinski definition) is 0. The van der Waals surface area contributed by atoms with E-state index in [4.69, 9.17) is 15.9 Å². The number of methoxy groups -OCH3 is 1. The van der Waals surface area contributed by atoms with Crippen LogP contribution in [0.15, 0.2) is 48.5 Å². The van der Waals surface area contributed by atoms with Crippen molar-refractivity contribution in [3.63, 3.8) is 0 Å². The molecule has 0 fully saturated rings. The Morgan fingerprint density at radius 2 is 1.51 bits per heavy atom. The van der Waals surface area contributed by atoms with Gasteiger partial charge in [0.15, 0.2) is 0 Å². The summed E-state index contributed by atoms with van der Waals surface area (Å²) in [5.74, 6) is 2.33. The molecule has 5 heteroatoms. The van der Waals surface area contributed by atoms with Crippen molar-refractivity contribution in [1.29, 1.82) is 0 Å². The summed E-state index contributed by atoms with van der Waals surface area (Å²) < 4.78 is 10.7. The number of esters is 1. The lowest BCUT2D eigenvalue weighted by Crippen LogP contribution is -2.30. The second-order valence-corrected chi connectivity index (χ2v) is 8.84. The Kier molecular flexibility index (Phi) is 6.66. The van der Waals surface area contributed by atoms with Gasteiger partial charge in [-0.15, -0.1) is 6.42 Å². The molecule has 3 aromatic rings. The average Bonchev–Trinajstić information content (AvgIpc) is 3.18. The van der Waals surface area contributed by atoms with Gasteiger partial charge >= 0.3 is 12.1 Å². The molecule has 0 atom stereocenters. The molecule has 0 bridgehead atoms. The number of amides is 1. The molecule has 0 saturated heterocycles. The van der Waals surface area contributed by atoms with E-state index in [-0.39, 0.29) is 24.9 Å². The second kappa shape index (κ2) is 9.68. The Hall–Kier alpha value is -4.04. The summed E-state index contributed by atoms with van der Waals surface area (Å²) in [7, 11) is 3.03. The fourth-order valence-corrected chi connectivity index (χ4v) is 5.24. The van der Waals surface area contributed by atoms with Gasteiger partial charge in [0.2, 0.25) is 0 Å². The van der Waals surface area contributed by atoms with Crippen LogP contribution in [0.5, 0.6) is 0 Å². The van der Waals surface area contributed by atoms with Crippen LogP contribution in [0.1, 0.15) is 44.9 Å². The highest BCUT2D eigenvalue weighted by atomic mass is 16.6. The SMILES string of the molecule is C#Cc1c(C)c(CC(=O)OC)c(C)c(N(C)C(=O)OCC2c3ccccc3-c3ccccc32)c1C. The van der Waals surface area contributed by atoms with E-state index in [1.807, 2.05) is 45.0 Å². The number of anilines is 1. The van der Waals surface area contributed by atoms with Crippen LogP contribution in [-0.2, 0) is 20.7 Å². The first-order valence-electron chi connectivity index (χ1n) is 11.5. The van der Waals surface area contributed by atoms with Crippen LogP contribution in [0.2, 0.25) is 0 Å². The topological polar surface area (TPSA) is 55.8 Å². The van der Waals surface area contributed by atoms with Crippen LogP contribution in [0.25, 0.3) is 11.1 Å². The first kappa shape index (κ1) is 24.1. The molecule has 0 spiro atoms. The van der Waals surface area contributed by atoms with Crippen LogP contribution in [0.3, 0.4) is 0 Å². The maximum absolute atomic E-state index is 13.3. The van der Waals surface area contributed by atoms with Gasteiger partial charge in [0.25, 0.3) is 0 Å². The molecule has 5 nitrogen and oxygen atoms in total. The number of hydrogen-bond acceptors (Lipinski definition) is 4. The zero-order valence-electron chi connectivity index (χ0n) is 20.8. The van der Waals surface area contributed by atoms with Crippen molar-refractivity contribution in [2.24, 2.45) is 0 Å². The lowest BCUT2D eigenvalue weighted by molar-refractivity contribution is -0.139. The van der Waals surface area contributed by atoms with Gasteiger partial charge in [0.05, 0.1) is 19.2 Å². The molecule has 35 heavy (non-hydrogen) atoms. The number of carbonyl (C=O) groups is 2. The Balaban J connectivity index is 1.63. The van der Waals surface area contributed by atoms with E-state index in [1.54, 1.807) is 7.05 Å². The van der Waals surface area contributed by atoms with Gasteiger partial charge in [-0.1, -0.05) is 54.5 Å². The van der Waals surface area contributed by atoms with E-state index in [2.05, 4.69) is 30.2 Å². The molecule has 1 aliphatic carbocycles. The summed E-state index contributed by atoms with van der Waals surface area (Å²) in [6, 6.07) is 16.4. The molecule has 1 aliphatic rings. The Labute approximate surface area is 206 Å². The summed E-state index contributed by atoms with van der Waals surface area (Å²) in [5, 5.41) is 0. The Morgan fingerprint density at radius 3 is 2.06 bits per heavy atom. The lowest BCUT2D eigenvalue weighted by atomic mass is 9.89. The standard InChI is InChI=1S/C30H29NO4/c1-7-21-18(2)26(16-28(32)34-6)20(4)29(19(21)3)31(5)30(33)35-17-27-24-14-10-8-12-22(24)23-13-9-11-15-25(23)27/h1,8-15,27H,16-17H2,2-6H3. The first-order valence-corrected chi connectivity index (χ1v) is 11.5. The van der Waals surface area contributed by atoms with Gasteiger partial charge in [0, 0.05) is 18.5 Å². The van der Waals surface area contributed by atoms with E-state index in [0.717, 1.165) is 33.4 Å². The normalized spacial score (nSPS) is 11.9. The third-order valence-corrected chi connectivity index (χ3v) is 7.00. The summed E-state index contributed by atoms with van der Waals surface area (Å²) in [5.41, 5.74) is 9.20. The maximum Gasteiger partial charge on any atom is 0.414 e. The quantitative estimate of drug-likeness (QED) is 0.357. The minimum atomic E-state index is -0.478. The van der Waals surface area contributed by atoms with Crippen molar-refractivity contribution in [3.8, 4) is 23.5 Å². The van der Waals surface area contributed by atoms with Gasteiger partial charge in [-0.3, -0.25) is 9.69 Å². The zero-order valence-corrected chi connectivity index (χ0v) is 20.8. The number of fused-ring (bicyclic) bond motifs is 3. The molecule has 178 valence electrons. The number of terminal acetylenes is 1. The molecule has 0 radical (unpaired) electrons. The van der Waals surface area contributed by atoms with Crippen molar-refractivity contribution >= 4 is 17.7 Å². The molecule has 0 saturated carbocycles. The molecule has 4 rings (SSSR count). The third-order valence-electron chi connectivity index (χ3n) is 7.00. The highest BCUT2D eigenvalue weighted by Crippen LogP contribution is 2.44. The summed E-state index contributed by atoms with van der Waals surface area (Å²) in [6.07, 6.45) is 5.41. The highest BCUT2D eigenvalue weighted by Gasteiger charge is 2.30. The monoisotopic (exact) mass is 467 g/mol. The van der Waals surface area contributed by atoms with Gasteiger partial charge in [-0.25, -0.2) is 4.79 Å². The van der Waals surface area contributed by atoms with E-state index < -0.39 is 6.09 Å². The van der Waals surface area contributed by atoms with Crippen molar-refractivity contribution in [2.75, 3.05) is 25.7 Å². The average molecular weight is 468 g/mol. The van der Waals surface area contributed by atoms with Crippen molar-refractivity contribution in [1.82, 2.24) is 0 Å². The van der Waals surface area contributed by atoms with Gasteiger partial charge in [-0.05, 0) is 65.3 Å². The smallest absolute Gasteiger partial charge is 0.414 e. The first-order chi connectivity index (χ1) is 16.8. The molecule has 0 aromatic heterocycles. The van der Waals surface area contributed by atoms with Gasteiger partial charge in [-0.2, -0.15) is 0 Å². The lowest BCUT2D eigenvalue weighted by Gasteiger charge is -2.26. The minimum Gasteiger partial charge on any atom is -0.469 e. The van der Waals surface area contributed by atoms with Crippen LogP contribution in [0, 0.1) is 33.1 Å². The molecule has 0 unspecified atom stereocenters. The fourth-order valence-electron chi connectivity index (χ4n) is 5.24. The minimum absolute atomic E-state index is 0.0314. The molecule has 0 aliphatic heterocycles. The molecule has 1 amide bonds. The summed E-state index contributed by atoms with van der Waals surface area (Å²) in [4.78, 5) is 26.8. The number of carbonyl (C=O) groups excluding carboxylic acids is 2. The molecular weight excluding hydrogens is 438 g/mol. The number of ether oxygens (including phenoxy) is 2. The van der Waals surface area contributed by atoms with E-state index >= 15 is 0 Å². The Bertz CT molecular complexity index is 1320. The van der Waals surface area contributed by atoms with Crippen LogP contribution in [0.4, 0.5) is 10.5 Å². The van der Waals surface area contributed by atoms with Crippen molar-refractivity contribution in [3.05, 3.63) is 87.5 Å².